The monoisotopic (exact) mass is 610 g/mol. The molecule has 0 bridgehead atoms. The van der Waals surface area contributed by atoms with Gasteiger partial charge in [-0.1, -0.05) is 6.92 Å². The quantitative estimate of drug-likeness (QED) is 0.228. The lowest BCUT2D eigenvalue weighted by Crippen LogP contribution is -2.57. The highest BCUT2D eigenvalue weighted by Gasteiger charge is 2.58. The summed E-state index contributed by atoms with van der Waals surface area (Å²) in [5.41, 5.74) is -5.41. The van der Waals surface area contributed by atoms with Crippen LogP contribution < -0.4 is 4.74 Å². The van der Waals surface area contributed by atoms with E-state index >= 15 is 0 Å². The van der Waals surface area contributed by atoms with Gasteiger partial charge in [-0.05, 0) is 38.2 Å². The van der Waals surface area contributed by atoms with Crippen LogP contribution in [-0.2, 0) is 0 Å². The van der Waals surface area contributed by atoms with E-state index in [-0.39, 0.29) is 46.4 Å². The predicted octanol–water partition coefficient (Wildman–Crippen LogP) is 1.81. The number of carbonyl (C=O) groups excluding carboxylic acids is 3. The fourth-order valence-electron chi connectivity index (χ4n) is 8.01. The van der Waals surface area contributed by atoms with Gasteiger partial charge in [0, 0.05) is 53.0 Å². The van der Waals surface area contributed by atoms with Crippen molar-refractivity contribution in [3.8, 4) is 28.7 Å². The zero-order valence-corrected chi connectivity index (χ0v) is 24.5. The minimum atomic E-state index is -1.75. The number of aliphatic hydroxyl groups is 4. The maximum absolute atomic E-state index is 13.9. The first-order valence-corrected chi connectivity index (χ1v) is 14.3. The fraction of sp³-hybridized carbons (Fsp3) is 0.469. The van der Waals surface area contributed by atoms with Gasteiger partial charge in [-0.3, -0.25) is 14.4 Å². The average molecular weight is 611 g/mol. The summed E-state index contributed by atoms with van der Waals surface area (Å²) in [5.74, 6) is -9.14. The molecule has 12 nitrogen and oxygen atoms in total. The zero-order chi connectivity index (χ0) is 32.4. The van der Waals surface area contributed by atoms with E-state index in [1.54, 1.807) is 6.92 Å². The Morgan fingerprint density at radius 1 is 0.841 bits per heavy atom. The molecule has 0 heterocycles. The number of rotatable bonds is 2. The second-order valence-electron chi connectivity index (χ2n) is 13.1. The molecule has 2 unspecified atom stereocenters. The summed E-state index contributed by atoms with van der Waals surface area (Å²) >= 11 is 0. The summed E-state index contributed by atoms with van der Waals surface area (Å²) in [5, 5.41) is 88.6. The van der Waals surface area contributed by atoms with Gasteiger partial charge in [0.25, 0.3) is 0 Å². The van der Waals surface area contributed by atoms with Gasteiger partial charge in [-0.2, -0.15) is 0 Å². The Balaban J connectivity index is 1.64. The molecule has 44 heavy (non-hydrogen) atoms. The van der Waals surface area contributed by atoms with Crippen LogP contribution in [0, 0.1) is 17.8 Å². The predicted molar refractivity (Wildman–Crippen MR) is 151 cm³/mol. The Hall–Kier alpha value is -3.97. The molecule has 1 saturated carbocycles. The molecule has 0 amide bonds. The molecule has 2 aromatic carbocycles. The number of hydrogen-bond donors (Lipinski definition) is 8. The molecular weight excluding hydrogens is 576 g/mol. The van der Waals surface area contributed by atoms with E-state index in [1.807, 2.05) is 0 Å². The summed E-state index contributed by atoms with van der Waals surface area (Å²) in [6.07, 6.45) is -3.68. The Kier molecular flexibility index (Phi) is 6.50. The number of hydrogen-bond acceptors (Lipinski definition) is 12. The third-order valence-electron chi connectivity index (χ3n) is 10.3. The molecule has 1 fully saturated rings. The SMILES string of the molecule is COc1cc(O)c2c(c1O)[C@@H](c1cc(O)c3c(c1O)C(=O)C1=C(C[C@@H](O)[C@@](C)(O)C1)C3=O)C1C[C@](C)(O)[C@H](O)[C@@H](C)C1C2=O. The first-order valence-electron chi connectivity index (χ1n) is 14.3. The number of aromatic hydroxyl groups is 4. The molecule has 4 aliphatic carbocycles. The topological polar surface area (TPSA) is 222 Å². The lowest BCUT2D eigenvalue weighted by atomic mass is 9.54. The van der Waals surface area contributed by atoms with E-state index in [1.165, 1.54) is 21.0 Å². The first kappa shape index (κ1) is 30.1. The van der Waals surface area contributed by atoms with E-state index in [2.05, 4.69) is 0 Å². The average Bonchev–Trinajstić information content (AvgIpc) is 2.94. The molecule has 8 atom stereocenters. The van der Waals surface area contributed by atoms with Gasteiger partial charge in [-0.25, -0.2) is 0 Å². The van der Waals surface area contributed by atoms with Crippen LogP contribution in [0.15, 0.2) is 23.3 Å². The lowest BCUT2D eigenvalue weighted by molar-refractivity contribution is -0.142. The second-order valence-corrected chi connectivity index (χ2v) is 13.1. The maximum Gasteiger partial charge on any atom is 0.194 e. The Labute approximate surface area is 251 Å². The summed E-state index contributed by atoms with van der Waals surface area (Å²) < 4.78 is 5.22. The van der Waals surface area contributed by atoms with Crippen molar-refractivity contribution < 1.29 is 60.0 Å². The number of benzene rings is 2. The van der Waals surface area contributed by atoms with E-state index in [9.17, 15) is 55.2 Å². The van der Waals surface area contributed by atoms with Crippen LogP contribution in [0.25, 0.3) is 0 Å². The van der Waals surface area contributed by atoms with Crippen molar-refractivity contribution in [2.75, 3.05) is 7.11 Å². The van der Waals surface area contributed by atoms with Gasteiger partial charge in [-0.15, -0.1) is 0 Å². The van der Waals surface area contributed by atoms with E-state index in [4.69, 9.17) is 4.74 Å². The summed E-state index contributed by atoms with van der Waals surface area (Å²) in [6.45, 7) is 4.25. The summed E-state index contributed by atoms with van der Waals surface area (Å²) in [6, 6.07) is 2.09. The largest absolute Gasteiger partial charge is 0.507 e. The van der Waals surface area contributed by atoms with Gasteiger partial charge in [0.05, 0.1) is 47.2 Å². The van der Waals surface area contributed by atoms with Crippen LogP contribution >= 0.6 is 0 Å². The molecular formula is C32H34O12. The Morgan fingerprint density at radius 3 is 2.09 bits per heavy atom. The Bertz CT molecular complexity index is 1700. The van der Waals surface area contributed by atoms with Crippen molar-refractivity contribution in [3.63, 3.8) is 0 Å². The third kappa shape index (κ3) is 3.87. The fourth-order valence-corrected chi connectivity index (χ4v) is 8.01. The van der Waals surface area contributed by atoms with Crippen LogP contribution in [0.4, 0.5) is 0 Å². The van der Waals surface area contributed by atoms with Crippen LogP contribution in [0.1, 0.15) is 88.2 Å². The van der Waals surface area contributed by atoms with Gasteiger partial charge in [0.2, 0.25) is 0 Å². The van der Waals surface area contributed by atoms with Crippen molar-refractivity contribution in [2.24, 2.45) is 17.8 Å². The Morgan fingerprint density at radius 2 is 1.45 bits per heavy atom. The number of ether oxygens (including phenoxy) is 1. The molecule has 4 aliphatic rings. The van der Waals surface area contributed by atoms with Crippen LogP contribution in [0.2, 0.25) is 0 Å². The highest BCUT2D eigenvalue weighted by molar-refractivity contribution is 6.29. The van der Waals surface area contributed by atoms with Gasteiger partial charge >= 0.3 is 0 Å². The van der Waals surface area contributed by atoms with Crippen molar-refractivity contribution in [1.82, 2.24) is 0 Å². The van der Waals surface area contributed by atoms with Gasteiger partial charge < -0.3 is 45.6 Å². The number of carbonyl (C=O) groups is 3. The van der Waals surface area contributed by atoms with Crippen molar-refractivity contribution in [1.29, 1.82) is 0 Å². The molecule has 8 N–H and O–H groups in total. The minimum Gasteiger partial charge on any atom is -0.507 e. The molecule has 6 rings (SSSR count). The van der Waals surface area contributed by atoms with E-state index in [0.29, 0.717) is 0 Å². The summed E-state index contributed by atoms with van der Waals surface area (Å²) in [7, 11) is 1.22. The number of Topliss-reactive ketones (excluding diaryl/α,β-unsaturated/α-hetero) is 3. The number of phenolic OH excluding ortho intramolecular Hbond substituents is 4. The third-order valence-corrected chi connectivity index (χ3v) is 10.3. The van der Waals surface area contributed by atoms with Crippen molar-refractivity contribution in [3.05, 3.63) is 51.1 Å². The maximum atomic E-state index is 13.9. The molecule has 0 aliphatic heterocycles. The van der Waals surface area contributed by atoms with Crippen molar-refractivity contribution >= 4 is 17.3 Å². The van der Waals surface area contributed by atoms with Crippen LogP contribution in [0.5, 0.6) is 28.7 Å². The van der Waals surface area contributed by atoms with E-state index < -0.39 is 105 Å². The zero-order valence-electron chi connectivity index (χ0n) is 24.5. The van der Waals surface area contributed by atoms with Gasteiger partial charge in [0.15, 0.2) is 28.8 Å². The molecule has 2 aromatic rings. The molecule has 0 radical (unpaired) electrons. The molecule has 0 aromatic heterocycles. The number of phenols is 4. The smallest absolute Gasteiger partial charge is 0.194 e. The highest BCUT2D eigenvalue weighted by atomic mass is 16.5. The second kappa shape index (κ2) is 9.51. The molecule has 0 spiro atoms. The van der Waals surface area contributed by atoms with Crippen molar-refractivity contribution in [2.45, 2.75) is 69.4 Å². The molecule has 12 heteroatoms. The highest BCUT2D eigenvalue weighted by Crippen LogP contribution is 2.60. The van der Waals surface area contributed by atoms with E-state index in [0.717, 1.165) is 12.1 Å². The molecule has 234 valence electrons. The standard InChI is InChI=1S/C32H34O12/c1-10-19-14(9-32(3,43)30(10)41)20(23-21(29(19)40)16(34)7-17(44-4)28(23)39)12-5-15(33)22-24(26(12)37)27(38)13-8-31(2,42)18(35)6-11(13)25(22)36/h5,7,10,14,18-20,30,33-35,37,39,41-43H,6,8-9H2,1-4H3/t10-,14?,18+,19?,20-,30+,31-,32-/m0/s1. The minimum absolute atomic E-state index is 0.0870. The summed E-state index contributed by atoms with van der Waals surface area (Å²) in [4.78, 5) is 41.4. The number of aliphatic hydroxyl groups excluding tert-OH is 2. The molecule has 0 saturated heterocycles. The number of fused-ring (bicyclic) bond motifs is 3. The number of ketones is 3. The lowest BCUT2D eigenvalue weighted by Gasteiger charge is -2.51. The number of methoxy groups -OCH3 is 1. The first-order chi connectivity index (χ1) is 20.4. The van der Waals surface area contributed by atoms with Gasteiger partial charge in [0.1, 0.15) is 17.2 Å². The van der Waals surface area contributed by atoms with Crippen LogP contribution in [0.3, 0.4) is 0 Å². The van der Waals surface area contributed by atoms with Crippen LogP contribution in [-0.4, -0.2) is 88.7 Å². The normalized spacial score (nSPS) is 34.7.